The Morgan fingerprint density at radius 2 is 1.95 bits per heavy atom. The van der Waals surface area contributed by atoms with E-state index in [-0.39, 0.29) is 12.5 Å². The number of anilines is 1. The summed E-state index contributed by atoms with van der Waals surface area (Å²) in [6.45, 7) is 2.04. The molecule has 0 unspecified atom stereocenters. The van der Waals surface area contributed by atoms with Crippen LogP contribution in [0.3, 0.4) is 0 Å². The molecular weight excluding hydrogens is 350 g/mol. The molecule has 2 aromatic carbocycles. The van der Waals surface area contributed by atoms with Crippen LogP contribution in [0.1, 0.15) is 11.1 Å². The first kappa shape index (κ1) is 16.1. The smallest absolute Gasteiger partial charge is 0.234 e. The van der Waals surface area contributed by atoms with E-state index in [9.17, 15) is 4.79 Å². The predicted octanol–water partition coefficient (Wildman–Crippen LogP) is 3.98. The van der Waals surface area contributed by atoms with Gasteiger partial charge in [-0.15, -0.1) is 11.8 Å². The molecule has 0 bridgehead atoms. The van der Waals surface area contributed by atoms with Crippen molar-refractivity contribution in [2.45, 2.75) is 18.4 Å². The highest BCUT2D eigenvalue weighted by atomic mass is 79.9. The molecule has 0 saturated heterocycles. The van der Waals surface area contributed by atoms with Crippen LogP contribution in [0.25, 0.3) is 0 Å². The van der Waals surface area contributed by atoms with Crippen LogP contribution in [-0.4, -0.2) is 16.8 Å². The number of hydrogen-bond donors (Lipinski definition) is 2. The number of carbonyl (C=O) groups excluding carboxylic acids is 1. The van der Waals surface area contributed by atoms with E-state index in [1.54, 1.807) is 0 Å². The third kappa shape index (κ3) is 4.88. The summed E-state index contributed by atoms with van der Waals surface area (Å²) >= 11 is 4.91. The molecule has 0 aliphatic heterocycles. The van der Waals surface area contributed by atoms with E-state index in [0.717, 1.165) is 26.2 Å². The van der Waals surface area contributed by atoms with Crippen molar-refractivity contribution in [1.29, 1.82) is 0 Å². The molecule has 0 saturated carbocycles. The molecule has 5 heteroatoms. The molecule has 110 valence electrons. The molecule has 0 aliphatic rings. The van der Waals surface area contributed by atoms with Gasteiger partial charge in [-0.1, -0.05) is 18.2 Å². The molecule has 2 N–H and O–H groups in total. The Hall–Kier alpha value is -1.30. The van der Waals surface area contributed by atoms with Crippen molar-refractivity contribution in [2.75, 3.05) is 11.1 Å². The SMILES string of the molecule is Cc1ccc(NC(=O)CSc2ccc(CO)cc2)c(Br)c1. The minimum atomic E-state index is -0.0456. The molecule has 0 spiro atoms. The van der Waals surface area contributed by atoms with Crippen LogP contribution in [-0.2, 0) is 11.4 Å². The number of carbonyl (C=O) groups is 1. The fraction of sp³-hybridized carbons (Fsp3) is 0.188. The van der Waals surface area contributed by atoms with Crippen LogP contribution in [0.2, 0.25) is 0 Å². The van der Waals surface area contributed by atoms with Gasteiger partial charge in [-0.25, -0.2) is 0 Å². The van der Waals surface area contributed by atoms with Crippen LogP contribution in [0, 0.1) is 6.92 Å². The molecule has 2 aromatic rings. The van der Waals surface area contributed by atoms with Crippen molar-refractivity contribution in [2.24, 2.45) is 0 Å². The molecule has 0 radical (unpaired) electrons. The van der Waals surface area contributed by atoms with E-state index in [0.29, 0.717) is 5.75 Å². The lowest BCUT2D eigenvalue weighted by atomic mass is 10.2. The second-order valence-corrected chi connectivity index (χ2v) is 6.53. The first-order valence-corrected chi connectivity index (χ1v) is 8.25. The summed E-state index contributed by atoms with van der Waals surface area (Å²) in [5, 5.41) is 11.9. The number of nitrogens with one attached hydrogen (secondary N) is 1. The summed E-state index contributed by atoms with van der Waals surface area (Å²) in [6.07, 6.45) is 0. The molecule has 0 aliphatic carbocycles. The number of aryl methyl sites for hydroxylation is 1. The van der Waals surface area contributed by atoms with Gasteiger partial charge in [0.25, 0.3) is 0 Å². The quantitative estimate of drug-likeness (QED) is 0.787. The highest BCUT2D eigenvalue weighted by molar-refractivity contribution is 9.10. The number of hydrogen-bond acceptors (Lipinski definition) is 3. The van der Waals surface area contributed by atoms with Crippen molar-refractivity contribution in [3.8, 4) is 0 Å². The number of aliphatic hydroxyl groups excluding tert-OH is 1. The second kappa shape index (κ2) is 7.64. The largest absolute Gasteiger partial charge is 0.392 e. The summed E-state index contributed by atoms with van der Waals surface area (Å²) in [4.78, 5) is 13.0. The molecule has 0 aromatic heterocycles. The molecule has 1 amide bonds. The number of halogens is 1. The Kier molecular flexibility index (Phi) is 5.85. The van der Waals surface area contributed by atoms with Crippen molar-refractivity contribution >= 4 is 39.3 Å². The summed E-state index contributed by atoms with van der Waals surface area (Å²) in [7, 11) is 0. The lowest BCUT2D eigenvalue weighted by Crippen LogP contribution is -2.14. The van der Waals surface area contributed by atoms with Gasteiger partial charge in [-0.2, -0.15) is 0 Å². The molecule has 0 heterocycles. The maximum Gasteiger partial charge on any atom is 0.234 e. The van der Waals surface area contributed by atoms with E-state index >= 15 is 0 Å². The Morgan fingerprint density at radius 1 is 1.24 bits per heavy atom. The average molecular weight is 366 g/mol. The summed E-state index contributed by atoms with van der Waals surface area (Å²) in [6, 6.07) is 13.3. The van der Waals surface area contributed by atoms with E-state index < -0.39 is 0 Å². The van der Waals surface area contributed by atoms with Crippen LogP contribution in [0.15, 0.2) is 51.8 Å². The van der Waals surface area contributed by atoms with Crippen LogP contribution in [0.5, 0.6) is 0 Å². The first-order valence-electron chi connectivity index (χ1n) is 6.47. The Labute approximate surface area is 136 Å². The fourth-order valence-corrected chi connectivity index (χ4v) is 3.04. The van der Waals surface area contributed by atoms with Gasteiger partial charge in [0.15, 0.2) is 0 Å². The van der Waals surface area contributed by atoms with Crippen LogP contribution in [0.4, 0.5) is 5.69 Å². The van der Waals surface area contributed by atoms with Gasteiger partial charge in [0, 0.05) is 9.37 Å². The van der Waals surface area contributed by atoms with Gasteiger partial charge in [-0.05, 0) is 58.2 Å². The van der Waals surface area contributed by atoms with E-state index in [1.807, 2.05) is 49.4 Å². The molecule has 0 fully saturated rings. The van der Waals surface area contributed by atoms with Crippen molar-refractivity contribution in [3.63, 3.8) is 0 Å². The average Bonchev–Trinajstić information content (AvgIpc) is 2.48. The Morgan fingerprint density at radius 3 is 2.57 bits per heavy atom. The van der Waals surface area contributed by atoms with Crippen molar-refractivity contribution in [1.82, 2.24) is 0 Å². The first-order chi connectivity index (χ1) is 10.1. The van der Waals surface area contributed by atoms with Crippen LogP contribution < -0.4 is 5.32 Å². The van der Waals surface area contributed by atoms with E-state index in [2.05, 4.69) is 21.2 Å². The maximum absolute atomic E-state index is 12.0. The van der Waals surface area contributed by atoms with Gasteiger partial charge >= 0.3 is 0 Å². The predicted molar refractivity (Wildman–Crippen MR) is 90.6 cm³/mol. The second-order valence-electron chi connectivity index (χ2n) is 4.62. The van der Waals surface area contributed by atoms with E-state index in [4.69, 9.17) is 5.11 Å². The normalized spacial score (nSPS) is 10.4. The minimum absolute atomic E-state index is 0.0346. The lowest BCUT2D eigenvalue weighted by molar-refractivity contribution is -0.113. The summed E-state index contributed by atoms with van der Waals surface area (Å²) in [5.41, 5.74) is 2.78. The minimum Gasteiger partial charge on any atom is -0.392 e. The topological polar surface area (TPSA) is 49.3 Å². The molecule has 3 nitrogen and oxygen atoms in total. The molecular formula is C16H16BrNO2S. The Balaban J connectivity index is 1.89. The monoisotopic (exact) mass is 365 g/mol. The zero-order chi connectivity index (χ0) is 15.2. The third-order valence-electron chi connectivity index (χ3n) is 2.87. The zero-order valence-electron chi connectivity index (χ0n) is 11.6. The van der Waals surface area contributed by atoms with Crippen LogP contribution >= 0.6 is 27.7 Å². The fourth-order valence-electron chi connectivity index (χ4n) is 1.75. The standard InChI is InChI=1S/C16H16BrNO2S/c1-11-2-7-15(14(17)8-11)18-16(20)10-21-13-5-3-12(9-19)4-6-13/h2-8,19H,9-10H2,1H3,(H,18,20). The number of amides is 1. The van der Waals surface area contributed by atoms with Crippen molar-refractivity contribution < 1.29 is 9.90 Å². The molecule has 21 heavy (non-hydrogen) atoms. The Bertz CT molecular complexity index is 629. The third-order valence-corrected chi connectivity index (χ3v) is 4.54. The number of aliphatic hydroxyl groups is 1. The summed E-state index contributed by atoms with van der Waals surface area (Å²) < 4.78 is 0.883. The van der Waals surface area contributed by atoms with Gasteiger partial charge in [0.1, 0.15) is 0 Å². The van der Waals surface area contributed by atoms with E-state index in [1.165, 1.54) is 11.8 Å². The maximum atomic E-state index is 12.0. The number of thioether (sulfide) groups is 1. The molecule has 2 rings (SSSR count). The van der Waals surface area contributed by atoms with Gasteiger partial charge in [0.05, 0.1) is 18.0 Å². The van der Waals surface area contributed by atoms with Gasteiger partial charge < -0.3 is 10.4 Å². The summed E-state index contributed by atoms with van der Waals surface area (Å²) in [5.74, 6) is 0.300. The van der Waals surface area contributed by atoms with Gasteiger partial charge in [0.2, 0.25) is 5.91 Å². The highest BCUT2D eigenvalue weighted by Gasteiger charge is 2.06. The lowest BCUT2D eigenvalue weighted by Gasteiger charge is -2.08. The zero-order valence-corrected chi connectivity index (χ0v) is 14.0. The van der Waals surface area contributed by atoms with Gasteiger partial charge in [-0.3, -0.25) is 4.79 Å². The number of rotatable bonds is 5. The highest BCUT2D eigenvalue weighted by Crippen LogP contribution is 2.24. The number of benzene rings is 2. The van der Waals surface area contributed by atoms with Crippen molar-refractivity contribution in [3.05, 3.63) is 58.1 Å². The molecule has 0 atom stereocenters.